The minimum atomic E-state index is -0.657. The first-order chi connectivity index (χ1) is 14.5. The molecule has 0 saturated carbocycles. The van der Waals surface area contributed by atoms with Gasteiger partial charge in [0.25, 0.3) is 5.91 Å². The number of carbonyl (C=O) groups is 2. The number of hydrogen-bond acceptors (Lipinski definition) is 5. The zero-order valence-corrected chi connectivity index (χ0v) is 16.9. The largest absolute Gasteiger partial charge is 0.484 e. The van der Waals surface area contributed by atoms with Crippen molar-refractivity contribution in [2.24, 2.45) is 0 Å². The fraction of sp³-hybridized carbons (Fsp3) is 0.261. The molecule has 0 aliphatic carbocycles. The van der Waals surface area contributed by atoms with Gasteiger partial charge in [-0.2, -0.15) is 0 Å². The molecule has 0 unspecified atom stereocenters. The standard InChI is InChI=1S/C23H24N2O5/c1-3-11-24-23(28)15(2)25-21(26)14-29-17-9-10-18-19(16-7-5-4-6-8-16)13-22(27)30-20(18)12-17/h4-10,12-13,15H,3,11,14H2,1-2H3,(H,24,28)(H,25,26)/t15-/m1/s1. The fourth-order valence-electron chi connectivity index (χ4n) is 2.99. The fourth-order valence-corrected chi connectivity index (χ4v) is 2.99. The van der Waals surface area contributed by atoms with Crippen molar-refractivity contribution in [1.29, 1.82) is 0 Å². The first kappa shape index (κ1) is 21.1. The quantitative estimate of drug-likeness (QED) is 0.559. The molecule has 0 radical (unpaired) electrons. The Morgan fingerprint density at radius 2 is 1.87 bits per heavy atom. The lowest BCUT2D eigenvalue weighted by molar-refractivity contribution is -0.129. The van der Waals surface area contributed by atoms with E-state index < -0.39 is 17.6 Å². The van der Waals surface area contributed by atoms with Crippen molar-refractivity contribution in [3.05, 3.63) is 65.0 Å². The molecule has 3 rings (SSSR count). The Balaban J connectivity index is 1.70. The molecule has 0 aliphatic heterocycles. The summed E-state index contributed by atoms with van der Waals surface area (Å²) in [6.07, 6.45) is 0.819. The third kappa shape index (κ3) is 5.26. The minimum Gasteiger partial charge on any atom is -0.484 e. The van der Waals surface area contributed by atoms with Gasteiger partial charge in [0, 0.05) is 24.1 Å². The Bertz CT molecular complexity index is 1090. The van der Waals surface area contributed by atoms with Crippen LogP contribution in [0, 0.1) is 0 Å². The molecule has 2 N–H and O–H groups in total. The predicted molar refractivity (Wildman–Crippen MR) is 114 cm³/mol. The zero-order chi connectivity index (χ0) is 21.5. The van der Waals surface area contributed by atoms with Crippen LogP contribution in [0.25, 0.3) is 22.1 Å². The summed E-state index contributed by atoms with van der Waals surface area (Å²) in [5, 5.41) is 6.07. The van der Waals surface area contributed by atoms with Gasteiger partial charge in [-0.25, -0.2) is 4.79 Å². The molecule has 0 aliphatic rings. The van der Waals surface area contributed by atoms with Gasteiger partial charge < -0.3 is 19.8 Å². The summed E-state index contributed by atoms with van der Waals surface area (Å²) in [6.45, 7) is 3.85. The topological polar surface area (TPSA) is 97.6 Å². The van der Waals surface area contributed by atoms with Crippen molar-refractivity contribution in [3.8, 4) is 16.9 Å². The normalized spacial score (nSPS) is 11.7. The van der Waals surface area contributed by atoms with Crippen LogP contribution in [0.15, 0.2) is 63.8 Å². The molecule has 2 aromatic carbocycles. The van der Waals surface area contributed by atoms with E-state index in [1.807, 2.05) is 37.3 Å². The smallest absolute Gasteiger partial charge is 0.336 e. The van der Waals surface area contributed by atoms with E-state index in [0.717, 1.165) is 22.9 Å². The number of ether oxygens (including phenoxy) is 1. The number of carbonyl (C=O) groups excluding carboxylic acids is 2. The van der Waals surface area contributed by atoms with Crippen LogP contribution in [-0.4, -0.2) is 31.0 Å². The first-order valence-corrected chi connectivity index (χ1v) is 9.81. The highest BCUT2D eigenvalue weighted by Crippen LogP contribution is 2.29. The maximum absolute atomic E-state index is 12.1. The van der Waals surface area contributed by atoms with Gasteiger partial charge in [-0.3, -0.25) is 9.59 Å². The van der Waals surface area contributed by atoms with Gasteiger partial charge in [0.1, 0.15) is 17.4 Å². The summed E-state index contributed by atoms with van der Waals surface area (Å²) >= 11 is 0. The summed E-state index contributed by atoms with van der Waals surface area (Å²) in [7, 11) is 0. The van der Waals surface area contributed by atoms with E-state index >= 15 is 0 Å². The molecule has 0 spiro atoms. The molecule has 7 nitrogen and oxygen atoms in total. The SMILES string of the molecule is CCCNC(=O)[C@@H](C)NC(=O)COc1ccc2c(-c3ccccc3)cc(=O)oc2c1. The first-order valence-electron chi connectivity index (χ1n) is 9.81. The number of rotatable bonds is 8. The van der Waals surface area contributed by atoms with Crippen molar-refractivity contribution in [2.75, 3.05) is 13.2 Å². The highest BCUT2D eigenvalue weighted by atomic mass is 16.5. The molecule has 7 heteroatoms. The van der Waals surface area contributed by atoms with E-state index in [1.165, 1.54) is 6.07 Å². The van der Waals surface area contributed by atoms with Crippen LogP contribution in [0.2, 0.25) is 0 Å². The van der Waals surface area contributed by atoms with Gasteiger partial charge in [0.15, 0.2) is 6.61 Å². The van der Waals surface area contributed by atoms with E-state index in [-0.39, 0.29) is 12.5 Å². The summed E-state index contributed by atoms with van der Waals surface area (Å²) < 4.78 is 10.8. The second-order valence-corrected chi connectivity index (χ2v) is 6.87. The Labute approximate surface area is 174 Å². The maximum Gasteiger partial charge on any atom is 0.336 e. The van der Waals surface area contributed by atoms with Crippen LogP contribution >= 0.6 is 0 Å². The van der Waals surface area contributed by atoms with E-state index in [0.29, 0.717) is 17.9 Å². The molecule has 2 amide bonds. The van der Waals surface area contributed by atoms with Crippen LogP contribution < -0.4 is 21.0 Å². The van der Waals surface area contributed by atoms with Gasteiger partial charge in [-0.15, -0.1) is 0 Å². The molecule has 0 saturated heterocycles. The highest BCUT2D eigenvalue weighted by molar-refractivity contribution is 5.93. The van der Waals surface area contributed by atoms with Gasteiger partial charge in [-0.1, -0.05) is 37.3 Å². The van der Waals surface area contributed by atoms with Crippen LogP contribution in [0.1, 0.15) is 20.3 Å². The Morgan fingerprint density at radius 1 is 1.10 bits per heavy atom. The average Bonchev–Trinajstić information content (AvgIpc) is 2.75. The van der Waals surface area contributed by atoms with Crippen molar-refractivity contribution in [2.45, 2.75) is 26.3 Å². The van der Waals surface area contributed by atoms with Crippen molar-refractivity contribution < 1.29 is 18.7 Å². The molecule has 1 heterocycles. The van der Waals surface area contributed by atoms with Gasteiger partial charge in [0.2, 0.25) is 5.91 Å². The lowest BCUT2D eigenvalue weighted by Gasteiger charge is -2.14. The van der Waals surface area contributed by atoms with Crippen molar-refractivity contribution >= 4 is 22.8 Å². The predicted octanol–water partition coefficient (Wildman–Crippen LogP) is 2.87. The van der Waals surface area contributed by atoms with Gasteiger partial charge in [-0.05, 0) is 36.6 Å². The van der Waals surface area contributed by atoms with Crippen molar-refractivity contribution in [1.82, 2.24) is 10.6 Å². The maximum atomic E-state index is 12.1. The van der Waals surface area contributed by atoms with Crippen LogP contribution in [0.5, 0.6) is 5.75 Å². The average molecular weight is 408 g/mol. The summed E-state index contributed by atoms with van der Waals surface area (Å²) in [6, 6.07) is 15.4. The highest BCUT2D eigenvalue weighted by Gasteiger charge is 2.15. The summed E-state index contributed by atoms with van der Waals surface area (Å²) in [4.78, 5) is 35.9. The molecule has 30 heavy (non-hydrogen) atoms. The number of fused-ring (bicyclic) bond motifs is 1. The van der Waals surface area contributed by atoms with E-state index in [4.69, 9.17) is 9.15 Å². The number of hydrogen-bond donors (Lipinski definition) is 2. The van der Waals surface area contributed by atoms with Gasteiger partial charge >= 0.3 is 5.63 Å². The molecule has 1 atom stereocenters. The minimum absolute atomic E-state index is 0.244. The Kier molecular flexibility index (Phi) is 6.85. The number of nitrogens with one attached hydrogen (secondary N) is 2. The zero-order valence-electron chi connectivity index (χ0n) is 16.9. The molecular formula is C23H24N2O5. The third-order valence-corrected chi connectivity index (χ3v) is 4.49. The third-order valence-electron chi connectivity index (χ3n) is 4.49. The van der Waals surface area contributed by atoms with E-state index in [2.05, 4.69) is 10.6 Å². The van der Waals surface area contributed by atoms with Crippen LogP contribution in [0.3, 0.4) is 0 Å². The summed E-state index contributed by atoms with van der Waals surface area (Å²) in [5.74, 6) is -0.283. The van der Waals surface area contributed by atoms with Crippen LogP contribution in [-0.2, 0) is 9.59 Å². The second kappa shape index (κ2) is 9.73. The molecule has 1 aromatic heterocycles. The lowest BCUT2D eigenvalue weighted by atomic mass is 10.0. The number of benzene rings is 2. The molecule has 156 valence electrons. The second-order valence-electron chi connectivity index (χ2n) is 6.87. The monoisotopic (exact) mass is 408 g/mol. The van der Waals surface area contributed by atoms with E-state index in [9.17, 15) is 14.4 Å². The number of amides is 2. The molecule has 0 bridgehead atoms. The Morgan fingerprint density at radius 3 is 2.60 bits per heavy atom. The summed E-state index contributed by atoms with van der Waals surface area (Å²) in [5.41, 5.74) is 1.56. The molecule has 3 aromatic rings. The Hall–Kier alpha value is -3.61. The van der Waals surface area contributed by atoms with E-state index in [1.54, 1.807) is 25.1 Å². The van der Waals surface area contributed by atoms with Crippen LogP contribution in [0.4, 0.5) is 0 Å². The lowest BCUT2D eigenvalue weighted by Crippen LogP contribution is -2.46. The molecular weight excluding hydrogens is 384 g/mol. The van der Waals surface area contributed by atoms with Gasteiger partial charge in [0.05, 0.1) is 0 Å². The van der Waals surface area contributed by atoms with Crippen molar-refractivity contribution in [3.63, 3.8) is 0 Å². The molecule has 0 fully saturated rings.